The molecule has 0 radical (unpaired) electrons. The first-order chi connectivity index (χ1) is 13.0. The molecular weight excluding hydrogens is 348 g/mol. The van der Waals surface area contributed by atoms with E-state index >= 15 is 0 Å². The first kappa shape index (κ1) is 17.9. The average Bonchev–Trinajstić information content (AvgIpc) is 2.66. The van der Waals surface area contributed by atoms with Gasteiger partial charge in [0.1, 0.15) is 11.4 Å². The fraction of sp³-hybridized carbons (Fsp3) is 0.0526. The minimum Gasteiger partial charge on any atom is -0.350 e. The highest BCUT2D eigenvalue weighted by molar-refractivity contribution is 5.86. The summed E-state index contributed by atoms with van der Waals surface area (Å²) in [6.07, 6.45) is 0. The molecule has 2 N–H and O–H groups in total. The van der Waals surface area contributed by atoms with E-state index in [4.69, 9.17) is 0 Å². The third-order valence-corrected chi connectivity index (χ3v) is 4.02. The van der Waals surface area contributed by atoms with Gasteiger partial charge < -0.3 is 10.6 Å². The topological polar surface area (TPSA) is 110 Å². The first-order valence-electron chi connectivity index (χ1n) is 8.08. The van der Waals surface area contributed by atoms with Gasteiger partial charge in [0, 0.05) is 16.9 Å². The van der Waals surface area contributed by atoms with Gasteiger partial charge >= 0.3 is 0 Å². The number of nitrogens with zero attached hydrogens (tertiary/aromatic N) is 2. The Balaban J connectivity index is 2.17. The maximum Gasteiger partial charge on any atom is 0.299 e. The van der Waals surface area contributed by atoms with E-state index in [-0.39, 0.29) is 22.7 Å². The summed E-state index contributed by atoms with van der Waals surface area (Å²) in [6, 6.07) is 18.8. The highest BCUT2D eigenvalue weighted by Crippen LogP contribution is 2.42. The second-order valence-electron chi connectivity index (χ2n) is 5.79. The predicted octanol–water partition coefficient (Wildman–Crippen LogP) is 5.30. The molecule has 0 aliphatic heterocycles. The minimum atomic E-state index is -0.627. The molecule has 0 aliphatic rings. The molecule has 3 rings (SSSR count). The van der Waals surface area contributed by atoms with Crippen molar-refractivity contribution in [3.8, 4) is 0 Å². The number of hydrogen-bond donors (Lipinski definition) is 2. The predicted molar refractivity (Wildman–Crippen MR) is 104 cm³/mol. The van der Waals surface area contributed by atoms with Crippen LogP contribution in [0.5, 0.6) is 0 Å². The van der Waals surface area contributed by atoms with Gasteiger partial charge in [-0.2, -0.15) is 0 Å². The van der Waals surface area contributed by atoms with Gasteiger partial charge in [0.05, 0.1) is 15.9 Å². The average molecular weight is 364 g/mol. The standard InChI is InChI=1S/C19H16N4O4/c1-13-18(20-14-8-4-2-5-9-14)16(22(24)25)12-17(23(26)27)19(13)21-15-10-6-3-7-11-15/h2-12,20-21H,1H3. The smallest absolute Gasteiger partial charge is 0.299 e. The molecule has 8 heteroatoms. The Bertz CT molecular complexity index is 914. The van der Waals surface area contributed by atoms with Crippen LogP contribution in [0.25, 0.3) is 0 Å². The normalized spacial score (nSPS) is 10.3. The summed E-state index contributed by atoms with van der Waals surface area (Å²) in [5, 5.41) is 29.1. The van der Waals surface area contributed by atoms with E-state index in [9.17, 15) is 20.2 Å². The Hall–Kier alpha value is -3.94. The van der Waals surface area contributed by atoms with E-state index < -0.39 is 9.85 Å². The van der Waals surface area contributed by atoms with Gasteiger partial charge in [-0.3, -0.25) is 20.2 Å². The van der Waals surface area contributed by atoms with E-state index in [2.05, 4.69) is 10.6 Å². The van der Waals surface area contributed by atoms with Crippen LogP contribution in [0.15, 0.2) is 66.7 Å². The summed E-state index contributed by atoms with van der Waals surface area (Å²) < 4.78 is 0. The van der Waals surface area contributed by atoms with Crippen molar-refractivity contribution in [2.45, 2.75) is 6.92 Å². The first-order valence-corrected chi connectivity index (χ1v) is 8.08. The van der Waals surface area contributed by atoms with Crippen LogP contribution in [-0.2, 0) is 0 Å². The van der Waals surface area contributed by atoms with E-state index in [1.807, 2.05) is 12.1 Å². The minimum absolute atomic E-state index is 0.204. The molecule has 0 aliphatic carbocycles. The molecule has 0 heterocycles. The maximum atomic E-state index is 11.5. The van der Waals surface area contributed by atoms with Crippen LogP contribution >= 0.6 is 0 Å². The Kier molecular flexibility index (Phi) is 4.98. The van der Waals surface area contributed by atoms with Gasteiger partial charge in [-0.15, -0.1) is 0 Å². The van der Waals surface area contributed by atoms with Crippen molar-refractivity contribution in [1.29, 1.82) is 0 Å². The quantitative estimate of drug-likeness (QED) is 0.454. The van der Waals surface area contributed by atoms with Crippen molar-refractivity contribution < 1.29 is 9.85 Å². The van der Waals surface area contributed by atoms with E-state index in [0.29, 0.717) is 16.9 Å². The maximum absolute atomic E-state index is 11.5. The number of anilines is 4. The molecule has 27 heavy (non-hydrogen) atoms. The molecule has 0 atom stereocenters. The molecule has 136 valence electrons. The van der Waals surface area contributed by atoms with E-state index in [0.717, 1.165) is 6.07 Å². The molecule has 8 nitrogen and oxygen atoms in total. The van der Waals surface area contributed by atoms with Crippen molar-refractivity contribution in [3.05, 3.63) is 92.5 Å². The van der Waals surface area contributed by atoms with Crippen molar-refractivity contribution in [2.75, 3.05) is 10.6 Å². The summed E-state index contributed by atoms with van der Waals surface area (Å²) in [4.78, 5) is 21.8. The van der Waals surface area contributed by atoms with Gasteiger partial charge in [0.15, 0.2) is 0 Å². The highest BCUT2D eigenvalue weighted by atomic mass is 16.6. The van der Waals surface area contributed by atoms with Crippen LogP contribution in [0.2, 0.25) is 0 Å². The third-order valence-electron chi connectivity index (χ3n) is 4.02. The van der Waals surface area contributed by atoms with Gasteiger partial charge in [-0.1, -0.05) is 36.4 Å². The zero-order valence-corrected chi connectivity index (χ0v) is 14.4. The molecule has 0 amide bonds. The van der Waals surface area contributed by atoms with Gasteiger partial charge in [0.2, 0.25) is 0 Å². The number of nitrogens with one attached hydrogen (secondary N) is 2. The number of para-hydroxylation sites is 2. The second-order valence-corrected chi connectivity index (χ2v) is 5.79. The number of hydrogen-bond acceptors (Lipinski definition) is 6. The summed E-state index contributed by atoms with van der Waals surface area (Å²) in [5.74, 6) is 0. The van der Waals surface area contributed by atoms with Gasteiger partial charge in [0.25, 0.3) is 11.4 Å². The third kappa shape index (κ3) is 3.84. The van der Waals surface area contributed by atoms with E-state index in [1.165, 1.54) is 0 Å². The Morgan fingerprint density at radius 1 is 0.704 bits per heavy atom. The lowest BCUT2D eigenvalue weighted by atomic mass is 10.1. The van der Waals surface area contributed by atoms with Crippen molar-refractivity contribution in [3.63, 3.8) is 0 Å². The molecule has 0 saturated heterocycles. The number of nitro benzene ring substituents is 2. The molecule has 3 aromatic rings. The Morgan fingerprint density at radius 3 is 1.41 bits per heavy atom. The Labute approximate surface area is 154 Å². The lowest BCUT2D eigenvalue weighted by Gasteiger charge is -2.15. The molecular formula is C19H16N4O4. The number of benzene rings is 3. The summed E-state index contributed by atoms with van der Waals surface area (Å²) in [6.45, 7) is 1.61. The fourth-order valence-corrected chi connectivity index (χ4v) is 2.72. The highest BCUT2D eigenvalue weighted by Gasteiger charge is 2.28. The van der Waals surface area contributed by atoms with Crippen LogP contribution in [0, 0.1) is 27.2 Å². The fourth-order valence-electron chi connectivity index (χ4n) is 2.72. The van der Waals surface area contributed by atoms with E-state index in [1.54, 1.807) is 55.5 Å². The summed E-state index contributed by atoms with van der Waals surface area (Å²) in [5.41, 5.74) is 1.35. The van der Waals surface area contributed by atoms with Gasteiger partial charge in [-0.25, -0.2) is 0 Å². The van der Waals surface area contributed by atoms with Crippen LogP contribution in [-0.4, -0.2) is 9.85 Å². The van der Waals surface area contributed by atoms with Crippen LogP contribution < -0.4 is 10.6 Å². The summed E-state index contributed by atoms with van der Waals surface area (Å²) in [7, 11) is 0. The molecule has 0 spiro atoms. The SMILES string of the molecule is Cc1c(Nc2ccccc2)c([N+](=O)[O-])cc([N+](=O)[O-])c1Nc1ccccc1. The molecule has 0 unspecified atom stereocenters. The second kappa shape index (κ2) is 7.52. The number of nitro groups is 2. The number of rotatable bonds is 6. The monoisotopic (exact) mass is 364 g/mol. The Morgan fingerprint density at radius 2 is 1.07 bits per heavy atom. The molecule has 0 fully saturated rings. The van der Waals surface area contributed by atoms with Crippen LogP contribution in [0.4, 0.5) is 34.1 Å². The van der Waals surface area contributed by atoms with Crippen molar-refractivity contribution in [1.82, 2.24) is 0 Å². The van der Waals surface area contributed by atoms with Crippen molar-refractivity contribution >= 4 is 34.1 Å². The van der Waals surface area contributed by atoms with Crippen LogP contribution in [0.3, 0.4) is 0 Å². The molecule has 0 bridgehead atoms. The molecule has 0 aromatic heterocycles. The van der Waals surface area contributed by atoms with Crippen LogP contribution in [0.1, 0.15) is 5.56 Å². The lowest BCUT2D eigenvalue weighted by Crippen LogP contribution is -2.06. The lowest BCUT2D eigenvalue weighted by molar-refractivity contribution is -0.393. The molecule has 3 aromatic carbocycles. The van der Waals surface area contributed by atoms with Crippen molar-refractivity contribution in [2.24, 2.45) is 0 Å². The zero-order chi connectivity index (χ0) is 19.4. The largest absolute Gasteiger partial charge is 0.350 e. The summed E-state index contributed by atoms with van der Waals surface area (Å²) >= 11 is 0. The molecule has 0 saturated carbocycles. The zero-order valence-electron chi connectivity index (χ0n) is 14.4. The van der Waals surface area contributed by atoms with Gasteiger partial charge in [-0.05, 0) is 31.2 Å².